The van der Waals surface area contributed by atoms with Crippen molar-refractivity contribution in [3.05, 3.63) is 54.0 Å². The lowest BCUT2D eigenvalue weighted by atomic mass is 9.81. The summed E-state index contributed by atoms with van der Waals surface area (Å²) >= 11 is 0. The minimum Gasteiger partial charge on any atom is -0.481 e. The van der Waals surface area contributed by atoms with E-state index in [1.165, 1.54) is 52.3 Å². The second-order valence-corrected chi connectivity index (χ2v) is 9.35. The van der Waals surface area contributed by atoms with Gasteiger partial charge in [-0.1, -0.05) is 19.9 Å². The number of rotatable bonds is 8. The number of carboxylic acid groups (broad SMARTS) is 1. The van der Waals surface area contributed by atoms with Gasteiger partial charge in [0.15, 0.2) is 11.5 Å². The van der Waals surface area contributed by atoms with Gasteiger partial charge in [0.2, 0.25) is 11.8 Å². The Balaban J connectivity index is 1.78. The third-order valence-electron chi connectivity index (χ3n) is 6.18. The van der Waals surface area contributed by atoms with Crippen molar-refractivity contribution in [3.63, 3.8) is 0 Å². The molecule has 1 aliphatic heterocycles. The molecule has 3 heterocycles. The number of amidine groups is 1. The lowest BCUT2D eigenvalue weighted by Crippen LogP contribution is -2.41. The van der Waals surface area contributed by atoms with E-state index in [9.17, 15) is 32.7 Å². The summed E-state index contributed by atoms with van der Waals surface area (Å²) in [5.74, 6) is -3.99. The van der Waals surface area contributed by atoms with Gasteiger partial charge in [-0.15, -0.1) is 0 Å². The van der Waals surface area contributed by atoms with Gasteiger partial charge in [0.1, 0.15) is 6.26 Å². The Morgan fingerprint density at radius 3 is 2.62 bits per heavy atom. The Bertz CT molecular complexity index is 1360. The van der Waals surface area contributed by atoms with Crippen LogP contribution in [0.3, 0.4) is 0 Å². The van der Waals surface area contributed by atoms with Crippen molar-refractivity contribution < 1.29 is 37.1 Å². The van der Waals surface area contributed by atoms with E-state index in [4.69, 9.17) is 9.83 Å². The molecule has 3 rings (SSSR count). The molecule has 39 heavy (non-hydrogen) atoms. The molecular formula is C25H27F3N6O5. The van der Waals surface area contributed by atoms with Crippen molar-refractivity contribution in [3.8, 4) is 11.5 Å². The SMILES string of the molecule is CN/C=C(/NC(=O)c1coc(-c2ccnc(/C(C)=C\CC(F)(F)F)c2)n1)C(=N)N1CC(C(=O)O)C(C)(C)C1=O. The standard InChI is InChI=1S/C25H27F3N6O5/c1-13(5-7-25(26,27)28)16-9-14(6-8-31-16)21-33-18(12-39-21)20(35)32-17(10-30-4)19(29)34-11-15(22(36)37)24(2,3)23(34)38/h5-6,8-10,12,15,29-30H,7,11H2,1-4H3,(H,32,35)(H,36,37)/b13-5-,17-10+,29-19?. The summed E-state index contributed by atoms with van der Waals surface area (Å²) in [5.41, 5.74) is -0.618. The highest BCUT2D eigenvalue weighted by Gasteiger charge is 2.52. The Hall–Kier alpha value is -4.49. The van der Waals surface area contributed by atoms with E-state index in [0.29, 0.717) is 11.1 Å². The summed E-state index contributed by atoms with van der Waals surface area (Å²) in [6.45, 7) is 4.21. The van der Waals surface area contributed by atoms with Crippen LogP contribution in [0, 0.1) is 16.7 Å². The van der Waals surface area contributed by atoms with Gasteiger partial charge in [0.25, 0.3) is 5.91 Å². The summed E-state index contributed by atoms with van der Waals surface area (Å²) in [4.78, 5) is 46.6. The zero-order valence-electron chi connectivity index (χ0n) is 21.5. The lowest BCUT2D eigenvalue weighted by Gasteiger charge is -2.22. The number of allylic oxidation sites excluding steroid dienone is 2. The van der Waals surface area contributed by atoms with E-state index >= 15 is 0 Å². The maximum atomic E-state index is 12.9. The molecule has 11 nitrogen and oxygen atoms in total. The van der Waals surface area contributed by atoms with E-state index in [1.807, 2.05) is 0 Å². The number of carbonyl (C=O) groups is 3. The predicted molar refractivity (Wildman–Crippen MR) is 133 cm³/mol. The van der Waals surface area contributed by atoms with Crippen molar-refractivity contribution in [1.82, 2.24) is 25.5 Å². The van der Waals surface area contributed by atoms with Crippen LogP contribution in [0.15, 0.2) is 47.0 Å². The number of alkyl halides is 3. The number of amides is 2. The van der Waals surface area contributed by atoms with E-state index < -0.39 is 47.5 Å². The van der Waals surface area contributed by atoms with Crippen molar-refractivity contribution in [2.45, 2.75) is 33.4 Å². The van der Waals surface area contributed by atoms with Gasteiger partial charge in [-0.2, -0.15) is 13.2 Å². The normalized spacial score (nSPS) is 17.8. The average Bonchev–Trinajstić information content (AvgIpc) is 3.45. The van der Waals surface area contributed by atoms with Crippen LogP contribution >= 0.6 is 0 Å². The number of nitrogens with zero attached hydrogens (tertiary/aromatic N) is 3. The minimum absolute atomic E-state index is 0.00224. The van der Waals surface area contributed by atoms with Crippen LogP contribution < -0.4 is 10.6 Å². The third-order valence-corrected chi connectivity index (χ3v) is 6.18. The van der Waals surface area contributed by atoms with Gasteiger partial charge in [-0.05, 0) is 24.6 Å². The van der Waals surface area contributed by atoms with Crippen LogP contribution in [-0.2, 0) is 9.59 Å². The molecule has 0 aromatic carbocycles. The highest BCUT2D eigenvalue weighted by molar-refractivity contribution is 6.11. The van der Waals surface area contributed by atoms with Crippen molar-refractivity contribution in [2.75, 3.05) is 13.6 Å². The van der Waals surface area contributed by atoms with Crippen LogP contribution in [0.2, 0.25) is 0 Å². The van der Waals surface area contributed by atoms with E-state index in [2.05, 4.69) is 20.6 Å². The summed E-state index contributed by atoms with van der Waals surface area (Å²) < 4.78 is 43.0. The molecule has 0 bridgehead atoms. The van der Waals surface area contributed by atoms with Crippen molar-refractivity contribution >= 4 is 29.2 Å². The molecular weight excluding hydrogens is 521 g/mol. The minimum atomic E-state index is -4.35. The number of carbonyl (C=O) groups excluding carboxylic acids is 2. The van der Waals surface area contributed by atoms with Gasteiger partial charge < -0.3 is 20.2 Å². The van der Waals surface area contributed by atoms with Gasteiger partial charge >= 0.3 is 12.1 Å². The van der Waals surface area contributed by atoms with Gasteiger partial charge in [-0.3, -0.25) is 29.7 Å². The smallest absolute Gasteiger partial charge is 0.392 e. The van der Waals surface area contributed by atoms with Gasteiger partial charge in [0, 0.05) is 31.6 Å². The first-order valence-corrected chi connectivity index (χ1v) is 11.6. The number of hydrogen-bond acceptors (Lipinski definition) is 8. The number of aliphatic carboxylic acids is 1. The molecule has 0 radical (unpaired) electrons. The number of halogens is 3. The van der Waals surface area contributed by atoms with Crippen LogP contribution in [0.4, 0.5) is 13.2 Å². The lowest BCUT2D eigenvalue weighted by molar-refractivity contribution is -0.147. The first-order valence-electron chi connectivity index (χ1n) is 11.6. The Kier molecular flexibility index (Phi) is 8.27. The Morgan fingerprint density at radius 2 is 2.03 bits per heavy atom. The number of oxazole rings is 1. The molecule has 2 aromatic heterocycles. The molecule has 1 aliphatic rings. The molecule has 1 unspecified atom stereocenters. The summed E-state index contributed by atoms with van der Waals surface area (Å²) in [6, 6.07) is 2.98. The van der Waals surface area contributed by atoms with Gasteiger partial charge in [-0.25, -0.2) is 4.98 Å². The zero-order valence-corrected chi connectivity index (χ0v) is 21.5. The summed E-state index contributed by atoms with van der Waals surface area (Å²) in [5, 5.41) is 23.1. The predicted octanol–water partition coefficient (Wildman–Crippen LogP) is 3.43. The Labute approximate surface area is 221 Å². The topological polar surface area (TPSA) is 162 Å². The van der Waals surface area contributed by atoms with Crippen LogP contribution in [-0.4, -0.2) is 63.4 Å². The number of hydrogen-bond donors (Lipinski definition) is 4. The molecule has 0 aliphatic carbocycles. The largest absolute Gasteiger partial charge is 0.481 e. The molecule has 4 N–H and O–H groups in total. The van der Waals surface area contributed by atoms with E-state index in [0.717, 1.165) is 17.2 Å². The highest BCUT2D eigenvalue weighted by Crippen LogP contribution is 2.37. The molecule has 1 atom stereocenters. The summed E-state index contributed by atoms with van der Waals surface area (Å²) in [7, 11) is 1.51. The van der Waals surface area contributed by atoms with Gasteiger partial charge in [0.05, 0.1) is 29.1 Å². The second kappa shape index (κ2) is 11.1. The third kappa shape index (κ3) is 6.51. The fourth-order valence-electron chi connectivity index (χ4n) is 3.87. The first kappa shape index (κ1) is 29.1. The molecule has 2 amide bonds. The van der Waals surface area contributed by atoms with E-state index in [1.54, 1.807) is 0 Å². The first-order chi connectivity index (χ1) is 18.2. The maximum Gasteiger partial charge on any atom is 0.392 e. The van der Waals surface area contributed by atoms with Crippen LogP contribution in [0.1, 0.15) is 43.4 Å². The average molecular weight is 549 g/mol. The molecule has 208 valence electrons. The molecule has 2 aromatic rings. The van der Waals surface area contributed by atoms with E-state index in [-0.39, 0.29) is 29.5 Å². The second-order valence-electron chi connectivity index (χ2n) is 9.35. The number of likely N-dealkylation sites (tertiary alicyclic amines) is 1. The fourth-order valence-corrected chi connectivity index (χ4v) is 3.87. The number of carboxylic acids is 1. The fraction of sp³-hybridized carbons (Fsp3) is 0.360. The molecule has 1 fully saturated rings. The quantitative estimate of drug-likeness (QED) is 0.288. The number of pyridine rings is 1. The molecule has 0 spiro atoms. The Morgan fingerprint density at radius 1 is 1.33 bits per heavy atom. The number of aromatic nitrogens is 2. The monoisotopic (exact) mass is 548 g/mol. The molecule has 1 saturated heterocycles. The zero-order chi connectivity index (χ0) is 29.1. The van der Waals surface area contributed by atoms with Crippen molar-refractivity contribution in [2.24, 2.45) is 11.3 Å². The highest BCUT2D eigenvalue weighted by atomic mass is 19.4. The maximum absolute atomic E-state index is 12.9. The molecule has 14 heteroatoms. The number of nitrogens with one attached hydrogen (secondary N) is 3. The van der Waals surface area contributed by atoms with Crippen molar-refractivity contribution in [1.29, 1.82) is 5.41 Å². The molecule has 0 saturated carbocycles. The van der Waals surface area contributed by atoms with Crippen LogP contribution in [0.25, 0.3) is 17.0 Å². The van der Waals surface area contributed by atoms with Crippen LogP contribution in [0.5, 0.6) is 0 Å². The summed E-state index contributed by atoms with van der Waals surface area (Å²) in [6.07, 6.45) is -0.757.